The first-order valence-corrected chi connectivity index (χ1v) is 7.68. The highest BCUT2D eigenvalue weighted by Crippen LogP contribution is 2.33. The Hall–Kier alpha value is -1.26. The van der Waals surface area contributed by atoms with Gasteiger partial charge in [0.25, 0.3) is 0 Å². The number of rotatable bonds is 6. The van der Waals surface area contributed by atoms with Gasteiger partial charge >= 0.3 is 0 Å². The van der Waals surface area contributed by atoms with Gasteiger partial charge in [-0.05, 0) is 12.0 Å². The molecular formula is C17H27NO3. The summed E-state index contributed by atoms with van der Waals surface area (Å²) in [7, 11) is 0. The van der Waals surface area contributed by atoms with Crippen molar-refractivity contribution in [1.29, 1.82) is 0 Å². The Labute approximate surface area is 127 Å². The Morgan fingerprint density at radius 2 is 1.95 bits per heavy atom. The van der Waals surface area contributed by atoms with Gasteiger partial charge in [0, 0.05) is 24.1 Å². The number of aliphatic hydroxyl groups excluding tert-OH is 1. The number of para-hydroxylation sites is 1. The van der Waals surface area contributed by atoms with Crippen molar-refractivity contribution in [2.75, 3.05) is 19.8 Å². The quantitative estimate of drug-likeness (QED) is 0.846. The predicted molar refractivity (Wildman–Crippen MR) is 83.8 cm³/mol. The number of nitrogens with one attached hydrogen (secondary N) is 1. The van der Waals surface area contributed by atoms with E-state index in [0.717, 1.165) is 23.6 Å². The number of ether oxygens (including phenoxy) is 2. The number of benzene rings is 1. The lowest BCUT2D eigenvalue weighted by molar-refractivity contribution is 0.0134. The second-order valence-electron chi connectivity index (χ2n) is 6.72. The standard InChI is InChI=1S/C17H27NO3/c1-12(2)16(19)17(3,4)11-18-10-13-6-5-7-14-15(13)21-9-8-20-14/h5-7,12,16,18-19H,8-11H2,1-4H3. The number of fused-ring (bicyclic) bond motifs is 1. The van der Waals surface area contributed by atoms with Gasteiger partial charge in [0.15, 0.2) is 11.5 Å². The molecule has 1 aromatic rings. The van der Waals surface area contributed by atoms with Crippen LogP contribution in [0.2, 0.25) is 0 Å². The van der Waals surface area contributed by atoms with Crippen LogP contribution in [0.1, 0.15) is 33.3 Å². The van der Waals surface area contributed by atoms with E-state index in [9.17, 15) is 5.11 Å². The van der Waals surface area contributed by atoms with Gasteiger partial charge in [-0.3, -0.25) is 0 Å². The number of aliphatic hydroxyl groups is 1. The first kappa shape index (κ1) is 16.1. The fourth-order valence-electron chi connectivity index (χ4n) is 2.80. The van der Waals surface area contributed by atoms with Gasteiger partial charge < -0.3 is 19.9 Å². The largest absolute Gasteiger partial charge is 0.486 e. The Morgan fingerprint density at radius 1 is 1.24 bits per heavy atom. The summed E-state index contributed by atoms with van der Waals surface area (Å²) < 4.78 is 11.3. The molecule has 21 heavy (non-hydrogen) atoms. The summed E-state index contributed by atoms with van der Waals surface area (Å²) in [5.41, 5.74) is 0.933. The van der Waals surface area contributed by atoms with Crippen molar-refractivity contribution in [1.82, 2.24) is 5.32 Å². The maximum Gasteiger partial charge on any atom is 0.165 e. The highest BCUT2D eigenvalue weighted by Gasteiger charge is 2.29. The molecular weight excluding hydrogens is 266 g/mol. The Balaban J connectivity index is 1.95. The lowest BCUT2D eigenvalue weighted by atomic mass is 9.80. The van der Waals surface area contributed by atoms with Crippen molar-refractivity contribution in [3.05, 3.63) is 23.8 Å². The van der Waals surface area contributed by atoms with Crippen molar-refractivity contribution >= 4 is 0 Å². The molecule has 4 heteroatoms. The molecule has 0 aliphatic carbocycles. The average molecular weight is 293 g/mol. The molecule has 1 aromatic carbocycles. The van der Waals surface area contributed by atoms with E-state index in [-0.39, 0.29) is 17.4 Å². The molecule has 0 bridgehead atoms. The Morgan fingerprint density at radius 3 is 2.67 bits per heavy atom. The van der Waals surface area contributed by atoms with E-state index in [4.69, 9.17) is 9.47 Å². The predicted octanol–water partition coefficient (Wildman–Crippen LogP) is 2.59. The molecule has 2 N–H and O–H groups in total. The molecule has 2 rings (SSSR count). The molecule has 0 radical (unpaired) electrons. The number of hydrogen-bond donors (Lipinski definition) is 2. The normalized spacial score (nSPS) is 16.1. The van der Waals surface area contributed by atoms with Gasteiger partial charge in [-0.1, -0.05) is 39.8 Å². The minimum atomic E-state index is -0.325. The summed E-state index contributed by atoms with van der Waals surface area (Å²) in [5, 5.41) is 13.7. The molecule has 1 atom stereocenters. The molecule has 1 unspecified atom stereocenters. The van der Waals surface area contributed by atoms with Crippen molar-refractivity contribution in [2.24, 2.45) is 11.3 Å². The third-order valence-corrected chi connectivity index (χ3v) is 3.98. The van der Waals surface area contributed by atoms with Crippen LogP contribution in [0, 0.1) is 11.3 Å². The van der Waals surface area contributed by atoms with E-state index in [1.165, 1.54) is 0 Å². The summed E-state index contributed by atoms with van der Waals surface area (Å²) in [6.07, 6.45) is -0.325. The smallest absolute Gasteiger partial charge is 0.165 e. The fraction of sp³-hybridized carbons (Fsp3) is 0.647. The SMILES string of the molecule is CC(C)C(O)C(C)(C)CNCc1cccc2c1OCCO2. The van der Waals surface area contributed by atoms with Crippen LogP contribution in [0.5, 0.6) is 11.5 Å². The van der Waals surface area contributed by atoms with Crippen LogP contribution < -0.4 is 14.8 Å². The van der Waals surface area contributed by atoms with Crippen LogP contribution in [-0.4, -0.2) is 31.0 Å². The molecule has 0 spiro atoms. The van der Waals surface area contributed by atoms with E-state index in [1.807, 2.05) is 32.0 Å². The lowest BCUT2D eigenvalue weighted by Crippen LogP contribution is -2.41. The summed E-state index contributed by atoms with van der Waals surface area (Å²) in [5.74, 6) is 1.92. The van der Waals surface area contributed by atoms with Crippen molar-refractivity contribution in [3.8, 4) is 11.5 Å². The van der Waals surface area contributed by atoms with Crippen LogP contribution in [0.4, 0.5) is 0 Å². The van der Waals surface area contributed by atoms with E-state index >= 15 is 0 Å². The topological polar surface area (TPSA) is 50.7 Å². The van der Waals surface area contributed by atoms with Crippen molar-refractivity contribution in [3.63, 3.8) is 0 Å². The first-order valence-electron chi connectivity index (χ1n) is 7.68. The zero-order chi connectivity index (χ0) is 15.5. The van der Waals surface area contributed by atoms with Gasteiger partial charge in [0.1, 0.15) is 13.2 Å². The molecule has 0 fully saturated rings. The molecule has 0 amide bonds. The number of hydrogen-bond acceptors (Lipinski definition) is 4. The van der Waals surface area contributed by atoms with Crippen LogP contribution in [0.25, 0.3) is 0 Å². The molecule has 1 aliphatic rings. The van der Waals surface area contributed by atoms with E-state index < -0.39 is 0 Å². The van der Waals surface area contributed by atoms with Gasteiger partial charge in [0.05, 0.1) is 6.10 Å². The van der Waals surface area contributed by atoms with Gasteiger partial charge in [-0.15, -0.1) is 0 Å². The lowest BCUT2D eigenvalue weighted by Gasteiger charge is -2.33. The maximum absolute atomic E-state index is 10.3. The molecule has 0 saturated carbocycles. The molecule has 1 heterocycles. The molecule has 118 valence electrons. The van der Waals surface area contributed by atoms with Gasteiger partial charge in [-0.2, -0.15) is 0 Å². The van der Waals surface area contributed by atoms with E-state index in [1.54, 1.807) is 0 Å². The summed E-state index contributed by atoms with van der Waals surface area (Å²) in [6.45, 7) is 10.9. The van der Waals surface area contributed by atoms with Crippen LogP contribution in [-0.2, 0) is 6.54 Å². The molecule has 0 saturated heterocycles. The summed E-state index contributed by atoms with van der Waals surface area (Å²) >= 11 is 0. The minimum Gasteiger partial charge on any atom is -0.486 e. The Bertz CT molecular complexity index is 471. The second kappa shape index (κ2) is 6.67. The van der Waals surface area contributed by atoms with Gasteiger partial charge in [0.2, 0.25) is 0 Å². The molecule has 1 aliphatic heterocycles. The van der Waals surface area contributed by atoms with E-state index in [0.29, 0.717) is 19.8 Å². The van der Waals surface area contributed by atoms with Crippen molar-refractivity contribution < 1.29 is 14.6 Å². The minimum absolute atomic E-state index is 0.166. The Kier molecular flexibility index (Phi) is 5.12. The zero-order valence-electron chi connectivity index (χ0n) is 13.5. The summed E-state index contributed by atoms with van der Waals surface area (Å²) in [6, 6.07) is 5.97. The van der Waals surface area contributed by atoms with Crippen LogP contribution in [0.15, 0.2) is 18.2 Å². The van der Waals surface area contributed by atoms with Crippen molar-refractivity contribution in [2.45, 2.75) is 40.3 Å². The zero-order valence-corrected chi connectivity index (χ0v) is 13.5. The van der Waals surface area contributed by atoms with Crippen LogP contribution >= 0.6 is 0 Å². The van der Waals surface area contributed by atoms with Gasteiger partial charge in [-0.25, -0.2) is 0 Å². The monoisotopic (exact) mass is 293 g/mol. The summed E-state index contributed by atoms with van der Waals surface area (Å²) in [4.78, 5) is 0. The third-order valence-electron chi connectivity index (χ3n) is 3.98. The molecule has 0 aromatic heterocycles. The molecule has 4 nitrogen and oxygen atoms in total. The highest BCUT2D eigenvalue weighted by molar-refractivity contribution is 5.47. The fourth-order valence-corrected chi connectivity index (χ4v) is 2.80. The van der Waals surface area contributed by atoms with E-state index in [2.05, 4.69) is 19.2 Å². The third kappa shape index (κ3) is 3.89. The highest BCUT2D eigenvalue weighted by atomic mass is 16.6. The second-order valence-corrected chi connectivity index (χ2v) is 6.72. The van der Waals surface area contributed by atoms with Crippen LogP contribution in [0.3, 0.4) is 0 Å². The first-order chi connectivity index (χ1) is 9.92. The average Bonchev–Trinajstić information content (AvgIpc) is 2.46. The maximum atomic E-state index is 10.3.